The first-order valence-corrected chi connectivity index (χ1v) is 10.7. The van der Waals surface area contributed by atoms with Gasteiger partial charge in [0, 0.05) is 24.1 Å². The summed E-state index contributed by atoms with van der Waals surface area (Å²) in [5.74, 6) is 0.905. The molecule has 3 rings (SSSR count). The fourth-order valence-electron chi connectivity index (χ4n) is 3.49. The molecular weight excluding hydrogens is 370 g/mol. The van der Waals surface area contributed by atoms with Crippen LogP contribution in [0.2, 0.25) is 0 Å². The third kappa shape index (κ3) is 6.30. The molecule has 3 nitrogen and oxygen atoms in total. The summed E-state index contributed by atoms with van der Waals surface area (Å²) in [4.78, 5) is 12.8. The summed E-state index contributed by atoms with van der Waals surface area (Å²) in [6, 6.07) is 23.2. The average molecular weight is 402 g/mol. The standard InChI is InChI=1S/C27H31NO2/c1-20(2)7-6-16-28-19-21-10-12-23(13-11-21)27(30)18-25-17-24(14-15-26(25)29)22-8-4-3-5-9-22/h3-5,8-15,17,20,28-29H,6-7,16,18-19H2,1-2H3. The summed E-state index contributed by atoms with van der Waals surface area (Å²) >= 11 is 0. The fraction of sp³-hybridized carbons (Fsp3) is 0.296. The summed E-state index contributed by atoms with van der Waals surface area (Å²) in [7, 11) is 0. The Labute approximate surface area is 179 Å². The van der Waals surface area contributed by atoms with Gasteiger partial charge in [-0.25, -0.2) is 0 Å². The maximum Gasteiger partial charge on any atom is 0.167 e. The molecule has 0 unspecified atom stereocenters. The van der Waals surface area contributed by atoms with Gasteiger partial charge in [-0.05, 0) is 54.1 Å². The monoisotopic (exact) mass is 401 g/mol. The quantitative estimate of drug-likeness (QED) is 0.323. The zero-order chi connectivity index (χ0) is 21.3. The van der Waals surface area contributed by atoms with Crippen LogP contribution in [0.5, 0.6) is 5.75 Å². The van der Waals surface area contributed by atoms with E-state index in [1.807, 2.05) is 66.7 Å². The lowest BCUT2D eigenvalue weighted by Gasteiger charge is -2.09. The van der Waals surface area contributed by atoms with Gasteiger partial charge >= 0.3 is 0 Å². The van der Waals surface area contributed by atoms with Gasteiger partial charge < -0.3 is 10.4 Å². The van der Waals surface area contributed by atoms with Gasteiger partial charge in [-0.2, -0.15) is 0 Å². The number of phenolic OH excluding ortho intramolecular Hbond substituents is 1. The van der Waals surface area contributed by atoms with Gasteiger partial charge in [0.15, 0.2) is 5.78 Å². The van der Waals surface area contributed by atoms with Gasteiger partial charge in [-0.1, -0.05) is 74.5 Å². The van der Waals surface area contributed by atoms with Gasteiger partial charge in [0.1, 0.15) is 5.75 Å². The van der Waals surface area contributed by atoms with Crippen LogP contribution in [0.3, 0.4) is 0 Å². The lowest BCUT2D eigenvalue weighted by molar-refractivity contribution is 0.0992. The Hall–Kier alpha value is -2.91. The first-order valence-electron chi connectivity index (χ1n) is 10.7. The van der Waals surface area contributed by atoms with Gasteiger partial charge in [-0.15, -0.1) is 0 Å². The molecule has 0 bridgehead atoms. The van der Waals surface area contributed by atoms with Crippen molar-refractivity contribution in [2.45, 2.75) is 39.7 Å². The van der Waals surface area contributed by atoms with Crippen LogP contribution in [0, 0.1) is 5.92 Å². The Morgan fingerprint density at radius 3 is 2.37 bits per heavy atom. The maximum absolute atomic E-state index is 12.8. The van der Waals surface area contributed by atoms with E-state index in [2.05, 4.69) is 19.2 Å². The lowest BCUT2D eigenvalue weighted by atomic mass is 9.97. The molecule has 0 saturated carbocycles. The minimum Gasteiger partial charge on any atom is -0.508 e. The summed E-state index contributed by atoms with van der Waals surface area (Å²) in [5.41, 5.74) is 4.55. The van der Waals surface area contributed by atoms with Crippen molar-refractivity contribution in [2.24, 2.45) is 5.92 Å². The molecule has 0 atom stereocenters. The molecule has 0 heterocycles. The van der Waals surface area contributed by atoms with Crippen LogP contribution < -0.4 is 5.32 Å². The minimum atomic E-state index is 0.00644. The predicted molar refractivity (Wildman–Crippen MR) is 124 cm³/mol. The molecule has 3 heteroatoms. The van der Waals surface area contributed by atoms with Crippen molar-refractivity contribution in [3.8, 4) is 16.9 Å². The zero-order valence-electron chi connectivity index (χ0n) is 17.9. The normalized spacial score (nSPS) is 11.0. The Kier molecular flexibility index (Phi) is 7.81. The average Bonchev–Trinajstić information content (AvgIpc) is 2.76. The molecule has 3 aromatic rings. The number of phenols is 1. The summed E-state index contributed by atoms with van der Waals surface area (Å²) in [6.45, 7) is 6.31. The third-order valence-corrected chi connectivity index (χ3v) is 5.28. The highest BCUT2D eigenvalue weighted by atomic mass is 16.3. The highest BCUT2D eigenvalue weighted by Gasteiger charge is 2.12. The molecule has 0 fully saturated rings. The Morgan fingerprint density at radius 2 is 1.67 bits per heavy atom. The van der Waals surface area contributed by atoms with Crippen molar-refractivity contribution >= 4 is 5.78 Å². The Morgan fingerprint density at radius 1 is 0.933 bits per heavy atom. The van der Waals surface area contributed by atoms with E-state index in [0.717, 1.165) is 30.1 Å². The van der Waals surface area contributed by atoms with E-state index in [0.29, 0.717) is 11.1 Å². The molecule has 3 aromatic carbocycles. The molecule has 0 saturated heterocycles. The largest absolute Gasteiger partial charge is 0.508 e. The molecule has 0 aliphatic rings. The summed E-state index contributed by atoms with van der Waals surface area (Å²) < 4.78 is 0. The number of benzene rings is 3. The van der Waals surface area contributed by atoms with Crippen molar-refractivity contribution in [3.05, 3.63) is 89.5 Å². The van der Waals surface area contributed by atoms with Crippen LogP contribution in [-0.2, 0) is 13.0 Å². The van der Waals surface area contributed by atoms with E-state index in [9.17, 15) is 9.90 Å². The summed E-state index contributed by atoms with van der Waals surface area (Å²) in [6.07, 6.45) is 2.60. The SMILES string of the molecule is CC(C)CCCNCc1ccc(C(=O)Cc2cc(-c3ccccc3)ccc2O)cc1. The molecule has 0 aliphatic carbocycles. The number of Topliss-reactive ketones (excluding diaryl/α,β-unsaturated/α-hetero) is 1. The Bertz CT molecular complexity index is 946. The van der Waals surface area contributed by atoms with Crippen molar-refractivity contribution < 1.29 is 9.90 Å². The van der Waals surface area contributed by atoms with Gasteiger partial charge in [0.05, 0.1) is 0 Å². The number of carbonyl (C=O) groups excluding carboxylic acids is 1. The molecule has 0 radical (unpaired) electrons. The van der Waals surface area contributed by atoms with Gasteiger partial charge in [-0.3, -0.25) is 4.79 Å². The van der Waals surface area contributed by atoms with Crippen LogP contribution in [-0.4, -0.2) is 17.4 Å². The van der Waals surface area contributed by atoms with Crippen molar-refractivity contribution in [1.29, 1.82) is 0 Å². The lowest BCUT2D eigenvalue weighted by Crippen LogP contribution is -2.15. The number of aromatic hydroxyl groups is 1. The van der Waals surface area contributed by atoms with Crippen LogP contribution in [0.1, 0.15) is 48.2 Å². The van der Waals surface area contributed by atoms with Crippen LogP contribution in [0.25, 0.3) is 11.1 Å². The topological polar surface area (TPSA) is 49.3 Å². The number of carbonyl (C=O) groups is 1. The molecule has 0 spiro atoms. The second-order valence-electron chi connectivity index (χ2n) is 8.22. The zero-order valence-corrected chi connectivity index (χ0v) is 17.9. The van der Waals surface area contributed by atoms with E-state index >= 15 is 0 Å². The van der Waals surface area contributed by atoms with Crippen molar-refractivity contribution in [3.63, 3.8) is 0 Å². The maximum atomic E-state index is 12.8. The molecular formula is C27H31NO2. The second-order valence-corrected chi connectivity index (χ2v) is 8.22. The second kappa shape index (κ2) is 10.7. The summed E-state index contributed by atoms with van der Waals surface area (Å²) in [5, 5.41) is 13.7. The molecule has 156 valence electrons. The van der Waals surface area contributed by atoms with E-state index in [-0.39, 0.29) is 18.0 Å². The number of hydrogen-bond acceptors (Lipinski definition) is 3. The highest BCUT2D eigenvalue weighted by Crippen LogP contribution is 2.27. The van der Waals surface area contributed by atoms with Gasteiger partial charge in [0.25, 0.3) is 0 Å². The molecule has 0 aliphatic heterocycles. The van der Waals surface area contributed by atoms with E-state index in [1.165, 1.54) is 18.4 Å². The third-order valence-electron chi connectivity index (χ3n) is 5.28. The highest BCUT2D eigenvalue weighted by molar-refractivity contribution is 5.98. The Balaban J connectivity index is 1.59. The number of hydrogen-bond donors (Lipinski definition) is 2. The van der Waals surface area contributed by atoms with Gasteiger partial charge in [0.2, 0.25) is 0 Å². The van der Waals surface area contributed by atoms with Crippen LogP contribution >= 0.6 is 0 Å². The van der Waals surface area contributed by atoms with Crippen molar-refractivity contribution in [2.75, 3.05) is 6.54 Å². The van der Waals surface area contributed by atoms with Crippen molar-refractivity contribution in [1.82, 2.24) is 5.32 Å². The molecule has 0 amide bonds. The first kappa shape index (κ1) is 21.8. The number of rotatable bonds is 10. The molecule has 2 N–H and O–H groups in total. The minimum absolute atomic E-state index is 0.00644. The number of nitrogens with one attached hydrogen (secondary N) is 1. The number of ketones is 1. The van der Waals surface area contributed by atoms with Crippen LogP contribution in [0.4, 0.5) is 0 Å². The predicted octanol–water partition coefficient (Wildman–Crippen LogP) is 6.01. The van der Waals surface area contributed by atoms with Crippen LogP contribution in [0.15, 0.2) is 72.8 Å². The van der Waals surface area contributed by atoms with E-state index in [1.54, 1.807) is 6.07 Å². The smallest absolute Gasteiger partial charge is 0.167 e. The van der Waals surface area contributed by atoms with E-state index < -0.39 is 0 Å². The first-order chi connectivity index (χ1) is 14.5. The molecule has 30 heavy (non-hydrogen) atoms. The fourth-order valence-corrected chi connectivity index (χ4v) is 3.49. The van der Waals surface area contributed by atoms with E-state index in [4.69, 9.17) is 0 Å². The molecule has 0 aromatic heterocycles.